The van der Waals surface area contributed by atoms with Crippen LogP contribution in [0.3, 0.4) is 0 Å². The van der Waals surface area contributed by atoms with Gasteiger partial charge in [-0.1, -0.05) is 30.3 Å². The normalized spacial score (nSPS) is 10.6. The lowest BCUT2D eigenvalue weighted by molar-refractivity contribution is -0.145. The highest BCUT2D eigenvalue weighted by atomic mass is 16.5. The topological polar surface area (TPSA) is 111 Å². The summed E-state index contributed by atoms with van der Waals surface area (Å²) in [6.45, 7) is 1.02. The Kier molecular flexibility index (Phi) is 9.16. The van der Waals surface area contributed by atoms with Crippen LogP contribution in [-0.4, -0.2) is 44.0 Å². The molecule has 0 heterocycles. The van der Waals surface area contributed by atoms with Gasteiger partial charge in [0.2, 0.25) is 5.91 Å². The van der Waals surface area contributed by atoms with Crippen molar-refractivity contribution < 1.29 is 28.7 Å². The number of carbonyl (C=O) groups excluding carboxylic acids is 4. The van der Waals surface area contributed by atoms with E-state index >= 15 is 0 Å². The van der Waals surface area contributed by atoms with E-state index < -0.39 is 24.4 Å². The van der Waals surface area contributed by atoms with Crippen LogP contribution in [0.5, 0.6) is 0 Å². The number of hydrogen-bond acceptors (Lipinski definition) is 6. The second kappa shape index (κ2) is 11.4. The molecule has 0 bridgehead atoms. The smallest absolute Gasteiger partial charge is 0.355 e. The Bertz CT molecular complexity index is 670. The lowest BCUT2D eigenvalue weighted by atomic mass is 10.2. The summed E-state index contributed by atoms with van der Waals surface area (Å²) in [5.41, 5.74) is 0.627. The molecule has 0 saturated carbocycles. The number of esters is 2. The van der Waals surface area contributed by atoms with Gasteiger partial charge in [-0.15, -0.1) is 0 Å². The molecule has 1 aromatic carbocycles. The van der Waals surface area contributed by atoms with Crippen molar-refractivity contribution >= 4 is 29.8 Å². The fraction of sp³-hybridized carbons (Fsp3) is 0.333. The van der Waals surface area contributed by atoms with Crippen LogP contribution >= 0.6 is 0 Å². The van der Waals surface area contributed by atoms with E-state index in [0.29, 0.717) is 12.0 Å². The maximum atomic E-state index is 12.1. The second-order valence-electron chi connectivity index (χ2n) is 5.26. The van der Waals surface area contributed by atoms with Crippen LogP contribution in [0.25, 0.3) is 6.08 Å². The van der Waals surface area contributed by atoms with Gasteiger partial charge in [-0.2, -0.15) is 0 Å². The van der Waals surface area contributed by atoms with Crippen molar-refractivity contribution in [1.82, 2.24) is 10.6 Å². The molecule has 8 heteroatoms. The Labute approximate surface area is 151 Å². The van der Waals surface area contributed by atoms with Crippen LogP contribution in [0.15, 0.2) is 36.0 Å². The zero-order chi connectivity index (χ0) is 19.4. The summed E-state index contributed by atoms with van der Waals surface area (Å²) >= 11 is 0. The molecule has 26 heavy (non-hydrogen) atoms. The summed E-state index contributed by atoms with van der Waals surface area (Å²) < 4.78 is 9.39. The number of methoxy groups -OCH3 is 1. The van der Waals surface area contributed by atoms with Crippen LogP contribution < -0.4 is 10.6 Å². The van der Waals surface area contributed by atoms with E-state index in [9.17, 15) is 19.2 Å². The minimum absolute atomic E-state index is 0.0674. The summed E-state index contributed by atoms with van der Waals surface area (Å²) in [6.07, 6.45) is 2.05. The fourth-order valence-corrected chi connectivity index (χ4v) is 1.87. The molecule has 0 atom stereocenters. The number of nitrogens with one attached hydrogen (secondary N) is 2. The quantitative estimate of drug-likeness (QED) is 0.381. The monoisotopic (exact) mass is 362 g/mol. The fourth-order valence-electron chi connectivity index (χ4n) is 1.87. The highest BCUT2D eigenvalue weighted by Gasteiger charge is 2.14. The van der Waals surface area contributed by atoms with Crippen LogP contribution in [0.2, 0.25) is 0 Å². The average molecular weight is 362 g/mol. The van der Waals surface area contributed by atoms with E-state index in [4.69, 9.17) is 4.74 Å². The van der Waals surface area contributed by atoms with Crippen LogP contribution in [0, 0.1) is 0 Å². The number of ether oxygens (including phenoxy) is 2. The SMILES string of the molecule is COC(=O)CCCNC(=O)COC(=O)/C(=C/c1ccccc1)NC(C)=O. The largest absolute Gasteiger partial charge is 0.469 e. The number of amides is 2. The minimum Gasteiger partial charge on any atom is -0.469 e. The Morgan fingerprint density at radius 2 is 1.81 bits per heavy atom. The first-order valence-corrected chi connectivity index (χ1v) is 7.97. The standard InChI is InChI=1S/C18H22N2O6/c1-13(21)20-15(11-14-7-4-3-5-8-14)18(24)26-12-16(22)19-10-6-9-17(23)25-2/h3-5,7-8,11H,6,9-10,12H2,1-2H3,(H,19,22)(H,20,21)/b15-11-. The van der Waals surface area contributed by atoms with Gasteiger partial charge in [0, 0.05) is 19.9 Å². The molecule has 0 saturated heterocycles. The van der Waals surface area contributed by atoms with Gasteiger partial charge in [0.05, 0.1) is 7.11 Å². The minimum atomic E-state index is -0.825. The molecule has 0 radical (unpaired) electrons. The second-order valence-corrected chi connectivity index (χ2v) is 5.26. The predicted molar refractivity (Wildman–Crippen MR) is 93.5 cm³/mol. The third-order valence-electron chi connectivity index (χ3n) is 3.08. The lowest BCUT2D eigenvalue weighted by Crippen LogP contribution is -2.32. The molecule has 0 aromatic heterocycles. The molecule has 0 aliphatic rings. The summed E-state index contributed by atoms with van der Waals surface area (Å²) in [5.74, 6) is -2.13. The highest BCUT2D eigenvalue weighted by Crippen LogP contribution is 2.06. The van der Waals surface area contributed by atoms with Gasteiger partial charge in [-0.05, 0) is 18.1 Å². The molecule has 0 unspecified atom stereocenters. The van der Waals surface area contributed by atoms with E-state index in [-0.39, 0.29) is 24.6 Å². The Hall–Kier alpha value is -3.16. The maximum Gasteiger partial charge on any atom is 0.355 e. The van der Waals surface area contributed by atoms with Gasteiger partial charge in [0.1, 0.15) is 5.70 Å². The molecular formula is C18H22N2O6. The number of carbonyl (C=O) groups is 4. The molecule has 1 rings (SSSR count). The zero-order valence-electron chi connectivity index (χ0n) is 14.7. The first-order chi connectivity index (χ1) is 12.4. The third kappa shape index (κ3) is 8.62. The Balaban J connectivity index is 2.51. The molecule has 0 spiro atoms. The van der Waals surface area contributed by atoms with Crippen molar-refractivity contribution in [3.8, 4) is 0 Å². The van der Waals surface area contributed by atoms with Crippen molar-refractivity contribution in [1.29, 1.82) is 0 Å². The third-order valence-corrected chi connectivity index (χ3v) is 3.08. The molecule has 2 N–H and O–H groups in total. The molecule has 0 fully saturated rings. The molecule has 140 valence electrons. The van der Waals surface area contributed by atoms with Gasteiger partial charge < -0.3 is 20.1 Å². The summed E-state index contributed by atoms with van der Waals surface area (Å²) in [6, 6.07) is 8.89. The van der Waals surface area contributed by atoms with Crippen LogP contribution in [0.1, 0.15) is 25.3 Å². The van der Waals surface area contributed by atoms with Crippen molar-refractivity contribution in [2.24, 2.45) is 0 Å². The van der Waals surface area contributed by atoms with Gasteiger partial charge in [-0.25, -0.2) is 4.79 Å². The van der Waals surface area contributed by atoms with E-state index in [1.54, 1.807) is 24.3 Å². The molecular weight excluding hydrogens is 340 g/mol. The van der Waals surface area contributed by atoms with Gasteiger partial charge >= 0.3 is 11.9 Å². The van der Waals surface area contributed by atoms with E-state index in [1.807, 2.05) is 6.07 Å². The number of rotatable bonds is 9. The van der Waals surface area contributed by atoms with Crippen molar-refractivity contribution in [2.75, 3.05) is 20.3 Å². The number of hydrogen-bond donors (Lipinski definition) is 2. The van der Waals surface area contributed by atoms with E-state index in [2.05, 4.69) is 15.4 Å². The highest BCUT2D eigenvalue weighted by molar-refractivity contribution is 5.98. The molecule has 2 amide bonds. The maximum absolute atomic E-state index is 12.1. The Morgan fingerprint density at radius 1 is 1.12 bits per heavy atom. The predicted octanol–water partition coefficient (Wildman–Crippen LogP) is 0.776. The molecule has 0 aliphatic carbocycles. The average Bonchev–Trinajstić information content (AvgIpc) is 2.63. The summed E-state index contributed by atoms with van der Waals surface area (Å²) in [7, 11) is 1.29. The first kappa shape index (κ1) is 20.9. The van der Waals surface area contributed by atoms with Crippen molar-refractivity contribution in [3.63, 3.8) is 0 Å². The van der Waals surface area contributed by atoms with Crippen LogP contribution in [0.4, 0.5) is 0 Å². The van der Waals surface area contributed by atoms with Crippen LogP contribution in [-0.2, 0) is 28.7 Å². The number of benzene rings is 1. The van der Waals surface area contributed by atoms with Crippen molar-refractivity contribution in [2.45, 2.75) is 19.8 Å². The first-order valence-electron chi connectivity index (χ1n) is 7.97. The zero-order valence-corrected chi connectivity index (χ0v) is 14.7. The van der Waals surface area contributed by atoms with Crippen molar-refractivity contribution in [3.05, 3.63) is 41.6 Å². The van der Waals surface area contributed by atoms with E-state index in [0.717, 1.165) is 0 Å². The van der Waals surface area contributed by atoms with Gasteiger partial charge in [-0.3, -0.25) is 14.4 Å². The summed E-state index contributed by atoms with van der Waals surface area (Å²) in [5, 5.41) is 4.90. The molecule has 0 aliphatic heterocycles. The molecule has 1 aromatic rings. The molecule has 8 nitrogen and oxygen atoms in total. The summed E-state index contributed by atoms with van der Waals surface area (Å²) in [4.78, 5) is 46.0. The lowest BCUT2D eigenvalue weighted by Gasteiger charge is -2.09. The van der Waals surface area contributed by atoms with Gasteiger partial charge in [0.25, 0.3) is 5.91 Å². The Morgan fingerprint density at radius 3 is 2.42 bits per heavy atom. The van der Waals surface area contributed by atoms with E-state index in [1.165, 1.54) is 20.1 Å². The van der Waals surface area contributed by atoms with Gasteiger partial charge in [0.15, 0.2) is 6.61 Å².